The zero-order valence-electron chi connectivity index (χ0n) is 50.2. The van der Waals surface area contributed by atoms with Crippen molar-refractivity contribution in [2.75, 3.05) is 0 Å². The van der Waals surface area contributed by atoms with E-state index in [0.29, 0.717) is 0 Å². The minimum atomic E-state index is -2.61. The average molecular weight is 1280 g/mol. The predicted octanol–water partition coefficient (Wildman–Crippen LogP) is 19.9. The van der Waals surface area contributed by atoms with E-state index >= 15 is 0 Å². The highest BCUT2D eigenvalue weighted by atomic mass is 35.7. The maximum atomic E-state index is 8.22. The van der Waals surface area contributed by atoms with Gasteiger partial charge in [-0.3, -0.25) is 0 Å². The lowest BCUT2D eigenvalue weighted by molar-refractivity contribution is 0.283. The molecule has 0 saturated heterocycles. The molecular weight excluding hydrogens is 1160 g/mol. The van der Waals surface area contributed by atoms with E-state index in [4.69, 9.17) is 59.3 Å². The van der Waals surface area contributed by atoms with Crippen LogP contribution < -0.4 is 0 Å². The molecule has 0 heterocycles. The van der Waals surface area contributed by atoms with Gasteiger partial charge in [0.1, 0.15) is 0 Å². The molecular formula is C61H117Cl3O6Si8. The first-order chi connectivity index (χ1) is 35.1. The molecule has 10 aliphatic rings. The van der Waals surface area contributed by atoms with Crippen molar-refractivity contribution in [3.05, 3.63) is 60.8 Å². The topological polar surface area (TPSA) is 77.4 Å². The molecule has 10 aliphatic carbocycles. The first-order valence-corrected chi connectivity index (χ1v) is 57.0. The molecule has 0 aliphatic heterocycles. The molecule has 0 spiro atoms. The fourth-order valence-electron chi connectivity index (χ4n) is 16.3. The molecule has 0 aromatic rings. The second-order valence-electron chi connectivity index (χ2n) is 30.0. The van der Waals surface area contributed by atoms with Gasteiger partial charge in [0.05, 0.1) is 0 Å². The van der Waals surface area contributed by atoms with Crippen LogP contribution in [0, 0.1) is 88.8 Å². The van der Waals surface area contributed by atoms with Crippen molar-refractivity contribution < 1.29 is 26.1 Å². The van der Waals surface area contributed by atoms with E-state index in [-0.39, 0.29) is 14.9 Å². The van der Waals surface area contributed by atoms with Gasteiger partial charge in [0.25, 0.3) is 0 Å². The summed E-state index contributed by atoms with van der Waals surface area (Å²) in [6.45, 7) is 29.0. The molecule has 0 amide bonds. The summed E-state index contributed by atoms with van der Waals surface area (Å²) in [6.07, 6.45) is 45.1. The number of rotatable bonds is 23. The van der Waals surface area contributed by atoms with E-state index in [1.807, 2.05) is 6.55 Å². The molecule has 15 atom stereocenters. The first kappa shape index (κ1) is 69.8. The fourth-order valence-corrected chi connectivity index (χ4v) is 44.4. The highest BCUT2D eigenvalue weighted by Crippen LogP contribution is 2.51. The van der Waals surface area contributed by atoms with Gasteiger partial charge in [-0.15, -0.1) is 22.2 Å². The van der Waals surface area contributed by atoms with Gasteiger partial charge in [-0.2, -0.15) is 11.1 Å². The lowest BCUT2D eigenvalue weighted by Gasteiger charge is -2.44. The summed E-state index contributed by atoms with van der Waals surface area (Å²) in [6, 6.07) is 5.92. The molecule has 450 valence electrons. The van der Waals surface area contributed by atoms with Crippen LogP contribution in [0.5, 0.6) is 0 Å². The lowest BCUT2D eigenvalue weighted by Crippen LogP contribution is -2.60. The van der Waals surface area contributed by atoms with Crippen LogP contribution in [0.1, 0.15) is 111 Å². The maximum Gasteiger partial charge on any atom is 0.326 e. The summed E-state index contributed by atoms with van der Waals surface area (Å²) in [4.78, 5) is 16.4. The average Bonchev–Trinajstić information content (AvgIpc) is 4.13. The SMILES string of the molecule is C.C.C[Si](C)(CCC1CC2C=CC1C2)O[Si](C)(C)O[Si](C)(CCC1CC2C=CC1C2)O[Si](C)(C)O[Si](C)(C)CCC1CC2C=CC1C2.C[Si](C)(Cl)CCC1CC2C=CC1C2.C[Si](C)(O)O.C[Si](Cl)(Cl)CCC1CC2C=CC1C2. The summed E-state index contributed by atoms with van der Waals surface area (Å²) in [5.74, 6) is 12.9. The summed E-state index contributed by atoms with van der Waals surface area (Å²) in [5.41, 5.74) is 0. The third kappa shape index (κ3) is 22.7. The second kappa shape index (κ2) is 28.3. The molecule has 5 fully saturated rings. The standard InChI is InChI=1S/C36H66O4Si5.C11H19ClSi.C10H16Cl2Si.C2H8O2Si.2CH4/c1-41(2,19-16-34-25-28-10-13-31(34)22-28)37-43(5,6)39-45(9,21-18-36-27-30-12-15-33(36)24-30)40-44(7,8)38-42(3,4)20-17-35-26-29-11-14-32(35)23-29;1-13(2,12)6-5-11-8-9-3-4-10(11)7-9;1-13(11,12)5-4-10-7-8-2-3-9(10)6-8;1-5(2,3)4;;/h10-15,28-36H,16-27H2,1-9H3;3-4,9-11H,5-8H2,1-2H3;2-3,8-10H,4-7H2,1H3;3-4H,1-2H3;2*1H4. The van der Waals surface area contributed by atoms with Crippen molar-refractivity contribution in [1.82, 2.24) is 0 Å². The molecule has 17 heteroatoms. The van der Waals surface area contributed by atoms with Crippen LogP contribution in [-0.2, 0) is 16.5 Å². The molecule has 5 saturated carbocycles. The largest absolute Gasteiger partial charge is 0.436 e. The van der Waals surface area contributed by atoms with Crippen molar-refractivity contribution in [2.24, 2.45) is 88.8 Å². The minimum absolute atomic E-state index is 0. The van der Waals surface area contributed by atoms with Gasteiger partial charge in [-0.1, -0.05) is 114 Å². The van der Waals surface area contributed by atoms with Crippen molar-refractivity contribution in [3.63, 3.8) is 0 Å². The lowest BCUT2D eigenvalue weighted by atomic mass is 9.91. The Hall–Kier alpha value is 1.07. The van der Waals surface area contributed by atoms with Crippen molar-refractivity contribution in [2.45, 2.75) is 233 Å². The number of hydrogen-bond donors (Lipinski definition) is 2. The molecule has 78 heavy (non-hydrogen) atoms. The van der Waals surface area contributed by atoms with Crippen molar-refractivity contribution in [1.29, 1.82) is 0 Å². The number of allylic oxidation sites excluding steroid dienone is 10. The molecule has 0 aromatic carbocycles. The zero-order valence-corrected chi connectivity index (χ0v) is 60.5. The Kier molecular flexibility index (Phi) is 25.3. The highest BCUT2D eigenvalue weighted by molar-refractivity contribution is 7.44. The van der Waals surface area contributed by atoms with Gasteiger partial charge in [0, 0.05) is 0 Å². The third-order valence-electron chi connectivity index (χ3n) is 19.3. The Morgan fingerprint density at radius 3 is 0.808 bits per heavy atom. The first-order valence-electron chi connectivity index (χ1n) is 30.8. The zero-order chi connectivity index (χ0) is 55.7. The number of halogens is 3. The van der Waals surface area contributed by atoms with E-state index < -0.39 is 65.0 Å². The number of fused-ring (bicyclic) bond motifs is 10. The number of hydrogen-bond acceptors (Lipinski definition) is 6. The molecule has 0 aromatic heterocycles. The Labute approximate surface area is 503 Å². The Balaban J connectivity index is 0.000000273. The third-order valence-corrected chi connectivity index (χ3v) is 43.6. The Morgan fingerprint density at radius 1 is 0.346 bits per heavy atom. The quantitative estimate of drug-likeness (QED) is 0.0603. The summed E-state index contributed by atoms with van der Waals surface area (Å²) in [7, 11) is -15.0. The van der Waals surface area contributed by atoms with Gasteiger partial charge in [0.2, 0.25) is 6.69 Å². The smallest absolute Gasteiger partial charge is 0.326 e. The van der Waals surface area contributed by atoms with E-state index in [2.05, 4.69) is 133 Å². The molecule has 10 bridgehead atoms. The molecule has 2 N–H and O–H groups in total. The summed E-state index contributed by atoms with van der Waals surface area (Å²) in [5, 5.41) is 0. The van der Waals surface area contributed by atoms with Crippen LogP contribution in [-0.4, -0.2) is 74.5 Å². The van der Waals surface area contributed by atoms with Crippen molar-refractivity contribution >= 4 is 98.2 Å². The van der Waals surface area contributed by atoms with Crippen LogP contribution >= 0.6 is 33.2 Å². The van der Waals surface area contributed by atoms with Gasteiger partial charge >= 0.3 is 34.2 Å². The summed E-state index contributed by atoms with van der Waals surface area (Å²) < 4.78 is 29.0. The second-order valence-corrected chi connectivity index (χ2v) is 67.9. The molecule has 0 radical (unpaired) electrons. The highest BCUT2D eigenvalue weighted by Gasteiger charge is 2.50. The summed E-state index contributed by atoms with van der Waals surface area (Å²) >= 11 is 18.5. The van der Waals surface area contributed by atoms with Gasteiger partial charge in [-0.05, 0) is 268 Å². The van der Waals surface area contributed by atoms with Crippen LogP contribution in [0.2, 0.25) is 122 Å². The van der Waals surface area contributed by atoms with Gasteiger partial charge < -0.3 is 26.1 Å². The van der Waals surface area contributed by atoms with Gasteiger partial charge in [-0.25, -0.2) is 0 Å². The van der Waals surface area contributed by atoms with E-state index in [1.165, 1.54) is 128 Å². The normalized spacial score (nSPS) is 34.3. The minimum Gasteiger partial charge on any atom is -0.436 e. The van der Waals surface area contributed by atoms with Crippen LogP contribution in [0.15, 0.2) is 60.8 Å². The Bertz CT molecular complexity index is 1930. The van der Waals surface area contributed by atoms with Crippen LogP contribution in [0.25, 0.3) is 0 Å². The van der Waals surface area contributed by atoms with E-state index in [9.17, 15) is 0 Å². The van der Waals surface area contributed by atoms with Crippen molar-refractivity contribution in [3.8, 4) is 0 Å². The van der Waals surface area contributed by atoms with E-state index in [0.717, 1.165) is 101 Å². The van der Waals surface area contributed by atoms with Gasteiger partial charge in [0.15, 0.2) is 24.0 Å². The fraction of sp³-hybridized carbons (Fsp3) is 0.836. The van der Waals surface area contributed by atoms with Crippen LogP contribution in [0.4, 0.5) is 0 Å². The predicted molar refractivity (Wildman–Crippen MR) is 359 cm³/mol. The maximum absolute atomic E-state index is 8.22. The molecule has 10 rings (SSSR count). The van der Waals surface area contributed by atoms with E-state index in [1.54, 1.807) is 0 Å². The monoisotopic (exact) mass is 1270 g/mol. The van der Waals surface area contributed by atoms with Crippen LogP contribution in [0.3, 0.4) is 0 Å². The molecule has 15 unspecified atom stereocenters. The Morgan fingerprint density at radius 2 is 0.590 bits per heavy atom. The molecule has 6 nitrogen and oxygen atoms in total.